The summed E-state index contributed by atoms with van der Waals surface area (Å²) in [5.41, 5.74) is 3.32. The Labute approximate surface area is 151 Å². The van der Waals surface area contributed by atoms with Gasteiger partial charge in [-0.05, 0) is 30.9 Å². The van der Waals surface area contributed by atoms with Crippen LogP contribution in [-0.2, 0) is 6.54 Å². The number of piperazine rings is 1. The monoisotopic (exact) mass is 354 g/mol. The number of hydrogen-bond donors (Lipinski definition) is 0. The van der Waals surface area contributed by atoms with Crippen molar-refractivity contribution in [2.24, 2.45) is 0 Å². The summed E-state index contributed by atoms with van der Waals surface area (Å²) in [6.45, 7) is 7.06. The minimum absolute atomic E-state index is 0.811. The van der Waals surface area contributed by atoms with E-state index >= 15 is 0 Å². The van der Waals surface area contributed by atoms with Crippen LogP contribution < -0.4 is 4.90 Å². The van der Waals surface area contributed by atoms with Gasteiger partial charge in [-0.1, -0.05) is 12.1 Å². The molecule has 1 aliphatic heterocycles. The van der Waals surface area contributed by atoms with E-state index in [4.69, 9.17) is 0 Å². The fraction of sp³-hybridized carbons (Fsp3) is 0.389. The van der Waals surface area contributed by atoms with E-state index in [-0.39, 0.29) is 0 Å². The van der Waals surface area contributed by atoms with Gasteiger partial charge in [-0.15, -0.1) is 22.0 Å². The van der Waals surface area contributed by atoms with Gasteiger partial charge in [-0.25, -0.2) is 0 Å². The van der Waals surface area contributed by atoms with E-state index in [0.29, 0.717) is 0 Å². The highest BCUT2D eigenvalue weighted by atomic mass is 32.2. The third-order valence-electron chi connectivity index (χ3n) is 4.71. The third-order valence-corrected chi connectivity index (χ3v) is 5.45. The Balaban J connectivity index is 1.38. The normalized spacial score (nSPS) is 15.8. The van der Waals surface area contributed by atoms with E-state index in [9.17, 15) is 0 Å². The standard InChI is InChI=1S/C18H22N6S/c1-14-20-21-18-11-16(12-19-24(14)18)23-9-7-22(8-10-23)13-15-3-5-17(25-2)6-4-15/h3-6,11-12H,7-10,13H2,1-2H3. The van der Waals surface area contributed by atoms with E-state index in [1.165, 1.54) is 10.5 Å². The molecule has 0 bridgehead atoms. The Morgan fingerprint density at radius 2 is 1.80 bits per heavy atom. The van der Waals surface area contributed by atoms with Crippen molar-refractivity contribution in [3.63, 3.8) is 0 Å². The molecule has 0 aliphatic carbocycles. The zero-order valence-electron chi connectivity index (χ0n) is 14.6. The predicted octanol–water partition coefficient (Wildman–Crippen LogP) is 2.48. The molecule has 7 heteroatoms. The van der Waals surface area contributed by atoms with Gasteiger partial charge >= 0.3 is 0 Å². The molecule has 0 saturated carbocycles. The minimum Gasteiger partial charge on any atom is -0.368 e. The van der Waals surface area contributed by atoms with Crippen molar-refractivity contribution in [3.8, 4) is 0 Å². The van der Waals surface area contributed by atoms with Crippen molar-refractivity contribution in [3.05, 3.63) is 47.9 Å². The van der Waals surface area contributed by atoms with E-state index in [1.54, 1.807) is 16.3 Å². The highest BCUT2D eigenvalue weighted by Gasteiger charge is 2.18. The number of rotatable bonds is 4. The van der Waals surface area contributed by atoms with Crippen LogP contribution >= 0.6 is 11.8 Å². The van der Waals surface area contributed by atoms with Crippen LogP contribution in [0.4, 0.5) is 5.69 Å². The summed E-state index contributed by atoms with van der Waals surface area (Å²) in [7, 11) is 0. The van der Waals surface area contributed by atoms with E-state index in [2.05, 4.69) is 61.7 Å². The molecular weight excluding hydrogens is 332 g/mol. The first-order valence-corrected chi connectivity index (χ1v) is 9.74. The van der Waals surface area contributed by atoms with Gasteiger partial charge in [0.25, 0.3) is 0 Å². The van der Waals surface area contributed by atoms with Crippen LogP contribution in [0.2, 0.25) is 0 Å². The van der Waals surface area contributed by atoms with Gasteiger partial charge in [0.15, 0.2) is 11.5 Å². The van der Waals surface area contributed by atoms with Gasteiger partial charge in [0.2, 0.25) is 0 Å². The fourth-order valence-corrected chi connectivity index (χ4v) is 3.63. The fourth-order valence-electron chi connectivity index (χ4n) is 3.22. The van der Waals surface area contributed by atoms with Crippen LogP contribution in [0.3, 0.4) is 0 Å². The topological polar surface area (TPSA) is 49.6 Å². The van der Waals surface area contributed by atoms with Crippen LogP contribution in [0.15, 0.2) is 41.4 Å². The average molecular weight is 354 g/mol. The van der Waals surface area contributed by atoms with Crippen molar-refractivity contribution in [1.82, 2.24) is 24.7 Å². The van der Waals surface area contributed by atoms with Gasteiger partial charge in [0.1, 0.15) is 0 Å². The van der Waals surface area contributed by atoms with Crippen LogP contribution in [0.25, 0.3) is 5.65 Å². The van der Waals surface area contributed by atoms with Crippen molar-refractivity contribution in [2.75, 3.05) is 37.3 Å². The number of aryl methyl sites for hydroxylation is 1. The first-order valence-electron chi connectivity index (χ1n) is 8.51. The van der Waals surface area contributed by atoms with Crippen LogP contribution in [0.1, 0.15) is 11.4 Å². The molecule has 1 aromatic carbocycles. The molecule has 1 fully saturated rings. The van der Waals surface area contributed by atoms with Gasteiger partial charge < -0.3 is 4.90 Å². The summed E-state index contributed by atoms with van der Waals surface area (Å²) in [6.07, 6.45) is 4.03. The molecule has 0 spiro atoms. The lowest BCUT2D eigenvalue weighted by atomic mass is 10.2. The van der Waals surface area contributed by atoms with Crippen molar-refractivity contribution in [1.29, 1.82) is 0 Å². The molecule has 1 aliphatic rings. The van der Waals surface area contributed by atoms with Crippen LogP contribution in [-0.4, -0.2) is 57.1 Å². The van der Waals surface area contributed by atoms with Crippen LogP contribution in [0.5, 0.6) is 0 Å². The molecule has 0 amide bonds. The number of benzene rings is 1. The molecule has 1 saturated heterocycles. The van der Waals surface area contributed by atoms with Gasteiger partial charge in [-0.2, -0.15) is 9.61 Å². The first kappa shape index (κ1) is 16.4. The molecule has 0 unspecified atom stereocenters. The SMILES string of the molecule is CSc1ccc(CN2CCN(c3cnn4c(C)nnc4c3)CC2)cc1. The number of aromatic nitrogens is 4. The number of fused-ring (bicyclic) bond motifs is 1. The van der Waals surface area contributed by atoms with E-state index < -0.39 is 0 Å². The zero-order chi connectivity index (χ0) is 17.2. The summed E-state index contributed by atoms with van der Waals surface area (Å²) in [6, 6.07) is 11.0. The second-order valence-electron chi connectivity index (χ2n) is 6.34. The summed E-state index contributed by atoms with van der Waals surface area (Å²) < 4.78 is 1.78. The number of hydrogen-bond acceptors (Lipinski definition) is 6. The Morgan fingerprint density at radius 3 is 2.52 bits per heavy atom. The summed E-state index contributed by atoms with van der Waals surface area (Å²) in [5, 5.41) is 12.7. The van der Waals surface area contributed by atoms with Gasteiger partial charge in [-0.3, -0.25) is 4.90 Å². The molecule has 130 valence electrons. The predicted molar refractivity (Wildman–Crippen MR) is 101 cm³/mol. The quantitative estimate of drug-likeness (QED) is 0.671. The van der Waals surface area contributed by atoms with E-state index in [1.807, 2.05) is 13.1 Å². The van der Waals surface area contributed by atoms with E-state index in [0.717, 1.165) is 49.9 Å². The lowest BCUT2D eigenvalue weighted by Gasteiger charge is -2.35. The largest absolute Gasteiger partial charge is 0.368 e. The number of nitrogens with zero attached hydrogens (tertiary/aromatic N) is 6. The van der Waals surface area contributed by atoms with Gasteiger partial charge in [0.05, 0.1) is 11.9 Å². The molecular formula is C18H22N6S. The first-order chi connectivity index (χ1) is 12.2. The van der Waals surface area contributed by atoms with Crippen LogP contribution in [0, 0.1) is 6.92 Å². The second-order valence-corrected chi connectivity index (χ2v) is 7.22. The number of thioether (sulfide) groups is 1. The molecule has 0 N–H and O–H groups in total. The third kappa shape index (κ3) is 3.48. The van der Waals surface area contributed by atoms with Crippen molar-refractivity contribution < 1.29 is 0 Å². The molecule has 4 rings (SSSR count). The molecule has 0 atom stereocenters. The molecule has 0 radical (unpaired) electrons. The lowest BCUT2D eigenvalue weighted by molar-refractivity contribution is 0.250. The molecule has 2 aromatic heterocycles. The zero-order valence-corrected chi connectivity index (χ0v) is 15.4. The molecule has 6 nitrogen and oxygen atoms in total. The van der Waals surface area contributed by atoms with Crippen molar-refractivity contribution >= 4 is 23.1 Å². The molecule has 3 aromatic rings. The summed E-state index contributed by atoms with van der Waals surface area (Å²) in [5.74, 6) is 0.818. The van der Waals surface area contributed by atoms with Crippen molar-refractivity contribution in [2.45, 2.75) is 18.4 Å². The maximum Gasteiger partial charge on any atom is 0.179 e. The maximum absolute atomic E-state index is 4.45. The average Bonchev–Trinajstić information content (AvgIpc) is 3.03. The second kappa shape index (κ2) is 7.01. The lowest BCUT2D eigenvalue weighted by Crippen LogP contribution is -2.46. The summed E-state index contributed by atoms with van der Waals surface area (Å²) >= 11 is 1.79. The number of anilines is 1. The minimum atomic E-state index is 0.811. The smallest absolute Gasteiger partial charge is 0.179 e. The highest BCUT2D eigenvalue weighted by molar-refractivity contribution is 7.98. The Bertz CT molecular complexity index is 852. The Kier molecular flexibility index (Phi) is 4.59. The summed E-state index contributed by atoms with van der Waals surface area (Å²) in [4.78, 5) is 6.21. The molecule has 25 heavy (non-hydrogen) atoms. The molecule has 3 heterocycles. The Morgan fingerprint density at radius 1 is 1.04 bits per heavy atom. The Hall–Kier alpha value is -2.12. The van der Waals surface area contributed by atoms with Gasteiger partial charge in [0, 0.05) is 43.7 Å². The maximum atomic E-state index is 4.45. The highest BCUT2D eigenvalue weighted by Crippen LogP contribution is 2.19.